The summed E-state index contributed by atoms with van der Waals surface area (Å²) < 4.78 is 1.09. The molecule has 1 saturated carbocycles. The average molecular weight is 284 g/mol. The highest BCUT2D eigenvalue weighted by Gasteiger charge is 2.42. The SMILES string of the molecule is Cc1cc(NCC2CC2C(=O)O)ccc1Br. The Labute approximate surface area is 103 Å². The summed E-state index contributed by atoms with van der Waals surface area (Å²) in [6.45, 7) is 2.78. The van der Waals surface area contributed by atoms with Crippen molar-refractivity contribution in [3.8, 4) is 0 Å². The summed E-state index contributed by atoms with van der Waals surface area (Å²) in [7, 11) is 0. The summed E-state index contributed by atoms with van der Waals surface area (Å²) in [5.41, 5.74) is 2.23. The number of hydrogen-bond acceptors (Lipinski definition) is 2. The van der Waals surface area contributed by atoms with E-state index in [0.717, 1.165) is 23.1 Å². The highest BCUT2D eigenvalue weighted by molar-refractivity contribution is 9.10. The number of aliphatic carboxylic acids is 1. The minimum absolute atomic E-state index is 0.135. The summed E-state index contributed by atoms with van der Waals surface area (Å²) in [5, 5.41) is 12.0. The van der Waals surface area contributed by atoms with E-state index in [9.17, 15) is 4.79 Å². The van der Waals surface area contributed by atoms with Crippen molar-refractivity contribution >= 4 is 27.6 Å². The number of rotatable bonds is 4. The Balaban J connectivity index is 1.87. The highest BCUT2D eigenvalue weighted by Crippen LogP contribution is 2.38. The molecule has 1 fully saturated rings. The van der Waals surface area contributed by atoms with E-state index in [4.69, 9.17) is 5.11 Å². The maximum Gasteiger partial charge on any atom is 0.306 e. The topological polar surface area (TPSA) is 49.3 Å². The fourth-order valence-electron chi connectivity index (χ4n) is 1.78. The summed E-state index contributed by atoms with van der Waals surface area (Å²) in [5.74, 6) is -0.510. The molecule has 0 saturated heterocycles. The van der Waals surface area contributed by atoms with E-state index in [-0.39, 0.29) is 5.92 Å². The van der Waals surface area contributed by atoms with Gasteiger partial charge in [-0.1, -0.05) is 15.9 Å². The molecule has 3 nitrogen and oxygen atoms in total. The van der Waals surface area contributed by atoms with Gasteiger partial charge in [-0.15, -0.1) is 0 Å². The highest BCUT2D eigenvalue weighted by atomic mass is 79.9. The first kappa shape index (κ1) is 11.5. The molecule has 16 heavy (non-hydrogen) atoms. The molecule has 1 aliphatic carbocycles. The molecule has 0 bridgehead atoms. The number of anilines is 1. The normalized spacial score (nSPS) is 22.9. The molecule has 1 aromatic rings. The van der Waals surface area contributed by atoms with E-state index >= 15 is 0 Å². The van der Waals surface area contributed by atoms with E-state index in [1.807, 2.05) is 19.1 Å². The third-order valence-electron chi connectivity index (χ3n) is 2.97. The molecule has 4 heteroatoms. The standard InChI is InChI=1S/C12H14BrNO2/c1-7-4-9(2-3-11(7)13)14-6-8-5-10(8)12(15)16/h2-4,8,10,14H,5-6H2,1H3,(H,15,16). The van der Waals surface area contributed by atoms with Crippen molar-refractivity contribution < 1.29 is 9.90 Å². The summed E-state index contributed by atoms with van der Waals surface area (Å²) in [4.78, 5) is 10.6. The van der Waals surface area contributed by atoms with E-state index in [1.165, 1.54) is 5.56 Å². The first-order chi connectivity index (χ1) is 7.58. The van der Waals surface area contributed by atoms with Crippen LogP contribution < -0.4 is 5.32 Å². The second-order valence-electron chi connectivity index (χ2n) is 4.29. The molecule has 2 atom stereocenters. The van der Waals surface area contributed by atoms with Crippen LogP contribution in [0.25, 0.3) is 0 Å². The summed E-state index contributed by atoms with van der Waals surface area (Å²) in [6.07, 6.45) is 0.803. The molecule has 0 spiro atoms. The Morgan fingerprint density at radius 3 is 2.94 bits per heavy atom. The zero-order valence-electron chi connectivity index (χ0n) is 9.03. The van der Waals surface area contributed by atoms with Gasteiger partial charge in [0.25, 0.3) is 0 Å². The van der Waals surface area contributed by atoms with Crippen molar-refractivity contribution in [2.24, 2.45) is 11.8 Å². The molecular weight excluding hydrogens is 270 g/mol. The van der Waals surface area contributed by atoms with Crippen LogP contribution in [-0.4, -0.2) is 17.6 Å². The Bertz CT molecular complexity index is 419. The number of hydrogen-bond donors (Lipinski definition) is 2. The number of carboxylic acid groups (broad SMARTS) is 1. The van der Waals surface area contributed by atoms with Crippen LogP contribution in [0.15, 0.2) is 22.7 Å². The predicted molar refractivity (Wildman–Crippen MR) is 66.6 cm³/mol. The van der Waals surface area contributed by atoms with Crippen LogP contribution in [-0.2, 0) is 4.79 Å². The fraction of sp³-hybridized carbons (Fsp3) is 0.417. The minimum atomic E-state index is -0.668. The van der Waals surface area contributed by atoms with Gasteiger partial charge in [-0.3, -0.25) is 4.79 Å². The average Bonchev–Trinajstić information content (AvgIpc) is 2.99. The maximum atomic E-state index is 10.6. The van der Waals surface area contributed by atoms with Crippen molar-refractivity contribution in [1.82, 2.24) is 0 Å². The smallest absolute Gasteiger partial charge is 0.306 e. The monoisotopic (exact) mass is 283 g/mol. The van der Waals surface area contributed by atoms with Crippen molar-refractivity contribution in [2.75, 3.05) is 11.9 Å². The molecule has 0 aliphatic heterocycles. The number of carboxylic acids is 1. The van der Waals surface area contributed by atoms with Crippen LogP contribution in [0, 0.1) is 18.8 Å². The molecule has 1 aliphatic rings. The Hall–Kier alpha value is -1.03. The van der Waals surface area contributed by atoms with Gasteiger partial charge in [0.1, 0.15) is 0 Å². The third kappa shape index (κ3) is 2.55. The molecule has 0 heterocycles. The van der Waals surface area contributed by atoms with Gasteiger partial charge in [0.2, 0.25) is 0 Å². The molecule has 86 valence electrons. The minimum Gasteiger partial charge on any atom is -0.481 e. The molecule has 0 amide bonds. The number of halogens is 1. The second-order valence-corrected chi connectivity index (χ2v) is 5.14. The number of carbonyl (C=O) groups is 1. The lowest BCUT2D eigenvalue weighted by Gasteiger charge is -2.07. The van der Waals surface area contributed by atoms with Gasteiger partial charge < -0.3 is 10.4 Å². The number of nitrogens with one attached hydrogen (secondary N) is 1. The van der Waals surface area contributed by atoms with Crippen molar-refractivity contribution in [3.63, 3.8) is 0 Å². The predicted octanol–water partition coefficient (Wildman–Crippen LogP) is 2.89. The number of aryl methyl sites for hydroxylation is 1. The maximum absolute atomic E-state index is 10.6. The van der Waals surface area contributed by atoms with Gasteiger partial charge in [0.15, 0.2) is 0 Å². The second kappa shape index (κ2) is 4.45. The molecule has 0 aromatic heterocycles. The number of benzene rings is 1. The zero-order chi connectivity index (χ0) is 11.7. The lowest BCUT2D eigenvalue weighted by atomic mass is 10.2. The molecule has 2 rings (SSSR count). The fourth-order valence-corrected chi connectivity index (χ4v) is 2.03. The van der Waals surface area contributed by atoms with Crippen LogP contribution in [0.5, 0.6) is 0 Å². The van der Waals surface area contributed by atoms with Crippen LogP contribution in [0.3, 0.4) is 0 Å². The van der Waals surface area contributed by atoms with Gasteiger partial charge in [0.05, 0.1) is 5.92 Å². The first-order valence-corrected chi connectivity index (χ1v) is 6.10. The largest absolute Gasteiger partial charge is 0.481 e. The van der Waals surface area contributed by atoms with Gasteiger partial charge in [0, 0.05) is 16.7 Å². The molecule has 2 N–H and O–H groups in total. The Kier molecular flexibility index (Phi) is 3.19. The van der Waals surface area contributed by atoms with Crippen LogP contribution >= 0.6 is 15.9 Å². The van der Waals surface area contributed by atoms with Gasteiger partial charge in [-0.2, -0.15) is 0 Å². The zero-order valence-corrected chi connectivity index (χ0v) is 10.6. The molecular formula is C12H14BrNO2. The van der Waals surface area contributed by atoms with Crippen molar-refractivity contribution in [2.45, 2.75) is 13.3 Å². The van der Waals surface area contributed by atoms with Crippen molar-refractivity contribution in [3.05, 3.63) is 28.2 Å². The van der Waals surface area contributed by atoms with E-state index in [0.29, 0.717) is 5.92 Å². The van der Waals surface area contributed by atoms with Crippen LogP contribution in [0.2, 0.25) is 0 Å². The lowest BCUT2D eigenvalue weighted by molar-refractivity contribution is -0.138. The van der Waals surface area contributed by atoms with Crippen molar-refractivity contribution in [1.29, 1.82) is 0 Å². The third-order valence-corrected chi connectivity index (χ3v) is 3.86. The molecule has 1 aromatic carbocycles. The Morgan fingerprint density at radius 2 is 2.38 bits per heavy atom. The summed E-state index contributed by atoms with van der Waals surface area (Å²) in [6, 6.07) is 6.05. The van der Waals surface area contributed by atoms with E-state index in [2.05, 4.69) is 27.3 Å². The quantitative estimate of drug-likeness (QED) is 0.893. The van der Waals surface area contributed by atoms with Crippen LogP contribution in [0.1, 0.15) is 12.0 Å². The van der Waals surface area contributed by atoms with Crippen LogP contribution in [0.4, 0.5) is 5.69 Å². The first-order valence-electron chi connectivity index (χ1n) is 5.31. The Morgan fingerprint density at radius 1 is 1.62 bits per heavy atom. The van der Waals surface area contributed by atoms with Gasteiger partial charge >= 0.3 is 5.97 Å². The van der Waals surface area contributed by atoms with Gasteiger partial charge in [-0.05, 0) is 43.0 Å². The molecule has 2 unspecified atom stereocenters. The molecule has 0 radical (unpaired) electrons. The van der Waals surface area contributed by atoms with E-state index in [1.54, 1.807) is 0 Å². The van der Waals surface area contributed by atoms with E-state index < -0.39 is 5.97 Å². The summed E-state index contributed by atoms with van der Waals surface area (Å²) >= 11 is 3.44. The lowest BCUT2D eigenvalue weighted by Crippen LogP contribution is -2.08. The van der Waals surface area contributed by atoms with Gasteiger partial charge in [-0.25, -0.2) is 0 Å².